The summed E-state index contributed by atoms with van der Waals surface area (Å²) in [5.74, 6) is -0.865. The Bertz CT molecular complexity index is 1420. The van der Waals surface area contributed by atoms with Crippen LogP contribution in [0.1, 0.15) is 33.6 Å². The third-order valence-corrected chi connectivity index (χ3v) is 5.19. The average Bonchev–Trinajstić information content (AvgIpc) is 3.51. The Balaban J connectivity index is 1.52. The molecule has 0 bridgehead atoms. The Kier molecular flexibility index (Phi) is 7.31. The number of para-hydroxylation sites is 1. The second kappa shape index (κ2) is 10.7. The van der Waals surface area contributed by atoms with Crippen LogP contribution in [-0.2, 0) is 11.3 Å². The molecule has 0 unspecified atom stereocenters. The van der Waals surface area contributed by atoms with E-state index in [2.05, 4.69) is 10.4 Å². The van der Waals surface area contributed by atoms with Crippen molar-refractivity contribution in [2.45, 2.75) is 13.5 Å². The summed E-state index contributed by atoms with van der Waals surface area (Å²) in [6.45, 7) is 1.69. The number of halogens is 1. The van der Waals surface area contributed by atoms with Gasteiger partial charge in [-0.1, -0.05) is 29.8 Å². The maximum atomic E-state index is 13.0. The molecule has 0 aliphatic rings. The van der Waals surface area contributed by atoms with Gasteiger partial charge in [0.05, 0.1) is 34.5 Å². The Morgan fingerprint density at radius 3 is 2.67 bits per heavy atom. The number of carbonyl (C=O) groups excluding carboxylic acids is 2. The van der Waals surface area contributed by atoms with Crippen molar-refractivity contribution in [1.29, 1.82) is 0 Å². The summed E-state index contributed by atoms with van der Waals surface area (Å²) in [7, 11) is 0. The van der Waals surface area contributed by atoms with Gasteiger partial charge in [0.1, 0.15) is 23.7 Å². The number of nitro groups is 1. The van der Waals surface area contributed by atoms with Crippen LogP contribution in [0.3, 0.4) is 0 Å². The summed E-state index contributed by atoms with van der Waals surface area (Å²) in [6.07, 6.45) is 1.31. The molecule has 2 aromatic heterocycles. The van der Waals surface area contributed by atoms with Crippen LogP contribution in [0, 0.1) is 10.1 Å². The minimum absolute atomic E-state index is 0.0608. The van der Waals surface area contributed by atoms with Crippen molar-refractivity contribution >= 4 is 35.0 Å². The topological polar surface area (TPSA) is 139 Å². The monoisotopic (exact) mass is 510 g/mol. The molecule has 0 saturated carbocycles. The number of benzene rings is 2. The number of hydrogen-bond donors (Lipinski definition) is 1. The number of amides is 1. The van der Waals surface area contributed by atoms with Crippen LogP contribution in [-0.4, -0.2) is 33.2 Å². The standard InChI is InChI=1S/C24H19ClN4O7/c1-2-34-24(31)18-13-26-28(15-6-4-3-5-7-15)22(18)27-23(30)20-11-9-17(36-20)14-35-21-12-16(29(32)33)8-10-19(21)25/h3-13H,2,14H2,1H3,(H,27,30). The number of nitrogens with zero attached hydrogens (tertiary/aromatic N) is 3. The molecular formula is C24H19ClN4O7. The molecule has 1 amide bonds. The molecule has 184 valence electrons. The van der Waals surface area contributed by atoms with E-state index in [4.69, 9.17) is 25.5 Å². The normalized spacial score (nSPS) is 10.6. The van der Waals surface area contributed by atoms with Gasteiger partial charge in [0, 0.05) is 6.07 Å². The first kappa shape index (κ1) is 24.5. The van der Waals surface area contributed by atoms with E-state index in [0.29, 0.717) is 5.69 Å². The first-order valence-corrected chi connectivity index (χ1v) is 11.0. The number of nitrogens with one attached hydrogen (secondary N) is 1. The lowest BCUT2D eigenvalue weighted by atomic mass is 10.3. The Labute approximate surface area is 209 Å². The Hall–Kier alpha value is -4.64. The molecule has 0 spiro atoms. The Morgan fingerprint density at radius 2 is 1.94 bits per heavy atom. The lowest BCUT2D eigenvalue weighted by Gasteiger charge is -2.10. The zero-order valence-electron chi connectivity index (χ0n) is 18.8. The average molecular weight is 511 g/mol. The molecule has 2 heterocycles. The quantitative estimate of drug-likeness (QED) is 0.188. The molecule has 0 saturated heterocycles. The van der Waals surface area contributed by atoms with Crippen LogP contribution in [0.15, 0.2) is 71.3 Å². The fourth-order valence-electron chi connectivity index (χ4n) is 3.20. The lowest BCUT2D eigenvalue weighted by molar-refractivity contribution is -0.384. The molecule has 0 atom stereocenters. The minimum Gasteiger partial charge on any atom is -0.484 e. The molecule has 12 heteroatoms. The van der Waals surface area contributed by atoms with Crippen molar-refractivity contribution in [3.8, 4) is 11.4 Å². The van der Waals surface area contributed by atoms with Crippen LogP contribution >= 0.6 is 11.6 Å². The zero-order valence-corrected chi connectivity index (χ0v) is 19.6. The predicted molar refractivity (Wildman–Crippen MR) is 129 cm³/mol. The molecule has 0 aliphatic heterocycles. The summed E-state index contributed by atoms with van der Waals surface area (Å²) in [5.41, 5.74) is 0.511. The molecule has 0 aliphatic carbocycles. The number of carbonyl (C=O) groups is 2. The molecule has 1 N–H and O–H groups in total. The fourth-order valence-corrected chi connectivity index (χ4v) is 3.38. The van der Waals surface area contributed by atoms with Gasteiger partial charge in [-0.25, -0.2) is 9.48 Å². The van der Waals surface area contributed by atoms with Crippen LogP contribution < -0.4 is 10.1 Å². The number of nitro benzene ring substituents is 1. The largest absolute Gasteiger partial charge is 0.484 e. The summed E-state index contributed by atoms with van der Waals surface area (Å²) < 4.78 is 17.6. The van der Waals surface area contributed by atoms with Gasteiger partial charge in [0.15, 0.2) is 11.6 Å². The third-order valence-electron chi connectivity index (χ3n) is 4.88. The lowest BCUT2D eigenvalue weighted by Crippen LogP contribution is -2.17. The molecule has 4 rings (SSSR count). The SMILES string of the molecule is CCOC(=O)c1cnn(-c2ccccc2)c1NC(=O)c1ccc(COc2cc([N+](=O)[O-])ccc2Cl)o1. The number of esters is 1. The van der Waals surface area contributed by atoms with Gasteiger partial charge in [-0.2, -0.15) is 5.10 Å². The van der Waals surface area contributed by atoms with E-state index < -0.39 is 16.8 Å². The number of hydrogen-bond acceptors (Lipinski definition) is 8. The van der Waals surface area contributed by atoms with Crippen molar-refractivity contribution in [1.82, 2.24) is 9.78 Å². The predicted octanol–water partition coefficient (Wildman–Crippen LogP) is 5.03. The molecule has 36 heavy (non-hydrogen) atoms. The van der Waals surface area contributed by atoms with E-state index >= 15 is 0 Å². The van der Waals surface area contributed by atoms with Crippen LogP contribution in [0.5, 0.6) is 5.75 Å². The van der Waals surface area contributed by atoms with Crippen molar-refractivity contribution in [2.75, 3.05) is 11.9 Å². The van der Waals surface area contributed by atoms with Gasteiger partial charge in [-0.05, 0) is 37.3 Å². The number of rotatable bonds is 9. The van der Waals surface area contributed by atoms with Gasteiger partial charge in [-0.15, -0.1) is 0 Å². The molecular weight excluding hydrogens is 492 g/mol. The second-order valence-electron chi connectivity index (χ2n) is 7.26. The van der Waals surface area contributed by atoms with Crippen LogP contribution in [0.2, 0.25) is 5.02 Å². The van der Waals surface area contributed by atoms with Crippen molar-refractivity contribution in [3.05, 3.63) is 99.1 Å². The summed E-state index contributed by atoms with van der Waals surface area (Å²) >= 11 is 6.04. The molecule has 4 aromatic rings. The maximum absolute atomic E-state index is 13.0. The van der Waals surface area contributed by atoms with Crippen molar-refractivity contribution in [3.63, 3.8) is 0 Å². The second-order valence-corrected chi connectivity index (χ2v) is 7.66. The van der Waals surface area contributed by atoms with Crippen molar-refractivity contribution in [2.24, 2.45) is 0 Å². The molecule has 11 nitrogen and oxygen atoms in total. The van der Waals surface area contributed by atoms with E-state index in [1.54, 1.807) is 31.2 Å². The highest BCUT2D eigenvalue weighted by Crippen LogP contribution is 2.30. The molecule has 0 fully saturated rings. The van der Waals surface area contributed by atoms with Crippen LogP contribution in [0.4, 0.5) is 11.5 Å². The van der Waals surface area contributed by atoms with Gasteiger partial charge in [0.25, 0.3) is 11.6 Å². The van der Waals surface area contributed by atoms with Gasteiger partial charge in [-0.3, -0.25) is 14.9 Å². The smallest absolute Gasteiger partial charge is 0.343 e. The fraction of sp³-hybridized carbons (Fsp3) is 0.125. The van der Waals surface area contributed by atoms with E-state index in [9.17, 15) is 19.7 Å². The number of aromatic nitrogens is 2. The molecule has 2 aromatic carbocycles. The first-order chi connectivity index (χ1) is 17.4. The van der Waals surface area contributed by atoms with E-state index in [1.165, 1.54) is 41.2 Å². The molecule has 0 radical (unpaired) electrons. The number of non-ortho nitro benzene ring substituents is 1. The van der Waals surface area contributed by atoms with Gasteiger partial charge in [0.2, 0.25) is 0 Å². The Morgan fingerprint density at radius 1 is 1.17 bits per heavy atom. The summed E-state index contributed by atoms with van der Waals surface area (Å²) in [4.78, 5) is 35.8. The van der Waals surface area contributed by atoms with E-state index in [0.717, 1.165) is 0 Å². The number of anilines is 1. The van der Waals surface area contributed by atoms with E-state index in [1.807, 2.05) is 6.07 Å². The summed E-state index contributed by atoms with van der Waals surface area (Å²) in [6, 6.07) is 15.7. The number of ether oxygens (including phenoxy) is 2. The number of furan rings is 1. The van der Waals surface area contributed by atoms with Gasteiger partial charge < -0.3 is 19.2 Å². The van der Waals surface area contributed by atoms with Gasteiger partial charge >= 0.3 is 5.97 Å². The maximum Gasteiger partial charge on any atom is 0.343 e. The first-order valence-electron chi connectivity index (χ1n) is 10.6. The summed E-state index contributed by atoms with van der Waals surface area (Å²) in [5, 5.41) is 18.0. The third kappa shape index (κ3) is 5.36. The highest BCUT2D eigenvalue weighted by Gasteiger charge is 2.23. The van der Waals surface area contributed by atoms with Crippen molar-refractivity contribution < 1.29 is 28.4 Å². The zero-order chi connectivity index (χ0) is 25.7. The highest BCUT2D eigenvalue weighted by molar-refractivity contribution is 6.32. The van der Waals surface area contributed by atoms with Crippen LogP contribution in [0.25, 0.3) is 5.69 Å². The minimum atomic E-state index is -0.641. The highest BCUT2D eigenvalue weighted by atomic mass is 35.5. The van der Waals surface area contributed by atoms with E-state index in [-0.39, 0.29) is 52.6 Å².